The lowest BCUT2D eigenvalue weighted by Gasteiger charge is -2.14. The predicted molar refractivity (Wildman–Crippen MR) is 72.2 cm³/mol. The van der Waals surface area contributed by atoms with Gasteiger partial charge in [-0.3, -0.25) is 0 Å². The summed E-state index contributed by atoms with van der Waals surface area (Å²) in [6.45, 7) is 2.06. The Morgan fingerprint density at radius 3 is 2.94 bits per heavy atom. The van der Waals surface area contributed by atoms with E-state index in [1.165, 1.54) is 17.7 Å². The van der Waals surface area contributed by atoms with Gasteiger partial charge in [-0.25, -0.2) is 9.37 Å². The molecule has 2 heterocycles. The van der Waals surface area contributed by atoms with Crippen molar-refractivity contribution in [2.45, 2.75) is 13.0 Å². The molecular weight excluding hydrogens is 249 g/mol. The standard InChI is InChI=1S/C13H12FN3S/c1-8(9-4-5-18-7-9)17-12-3-2-10(14)6-11(12)16-13(17)15/h2-8H,1H3,(H2,15,16). The van der Waals surface area contributed by atoms with Crippen molar-refractivity contribution in [1.29, 1.82) is 0 Å². The summed E-state index contributed by atoms with van der Waals surface area (Å²) in [7, 11) is 0. The minimum Gasteiger partial charge on any atom is -0.369 e. The third-order valence-corrected chi connectivity index (χ3v) is 3.79. The van der Waals surface area contributed by atoms with Gasteiger partial charge in [0.1, 0.15) is 5.82 Å². The Morgan fingerprint density at radius 2 is 2.22 bits per heavy atom. The van der Waals surface area contributed by atoms with Crippen LogP contribution in [0.3, 0.4) is 0 Å². The first kappa shape index (κ1) is 11.2. The van der Waals surface area contributed by atoms with Gasteiger partial charge in [-0.1, -0.05) is 0 Å². The minimum atomic E-state index is -0.296. The summed E-state index contributed by atoms with van der Waals surface area (Å²) in [5, 5.41) is 4.11. The Labute approximate surface area is 108 Å². The molecule has 2 aromatic heterocycles. The van der Waals surface area contributed by atoms with Gasteiger partial charge in [0.15, 0.2) is 0 Å². The van der Waals surface area contributed by atoms with Crippen molar-refractivity contribution in [2.75, 3.05) is 5.73 Å². The van der Waals surface area contributed by atoms with Gasteiger partial charge in [0.05, 0.1) is 17.1 Å². The summed E-state index contributed by atoms with van der Waals surface area (Å²) >= 11 is 1.64. The van der Waals surface area contributed by atoms with Crippen molar-refractivity contribution in [3.8, 4) is 0 Å². The molecule has 0 saturated heterocycles. The number of benzene rings is 1. The summed E-state index contributed by atoms with van der Waals surface area (Å²) in [6.07, 6.45) is 0. The first-order valence-electron chi connectivity index (χ1n) is 5.62. The number of aromatic nitrogens is 2. The van der Waals surface area contributed by atoms with Gasteiger partial charge in [0.2, 0.25) is 5.95 Å². The van der Waals surface area contributed by atoms with Crippen LogP contribution >= 0.6 is 11.3 Å². The second-order valence-corrected chi connectivity index (χ2v) is 4.99. The number of anilines is 1. The van der Waals surface area contributed by atoms with Crippen LogP contribution in [0.4, 0.5) is 10.3 Å². The number of fused-ring (bicyclic) bond motifs is 1. The fourth-order valence-corrected chi connectivity index (χ4v) is 2.91. The van der Waals surface area contributed by atoms with Crippen LogP contribution in [0, 0.1) is 5.82 Å². The number of nitrogens with zero attached hydrogens (tertiary/aromatic N) is 2. The van der Waals surface area contributed by atoms with Crippen LogP contribution in [0.2, 0.25) is 0 Å². The summed E-state index contributed by atoms with van der Waals surface area (Å²) < 4.78 is 15.1. The fraction of sp³-hybridized carbons (Fsp3) is 0.154. The quantitative estimate of drug-likeness (QED) is 0.768. The maximum Gasteiger partial charge on any atom is 0.201 e. The first-order chi connectivity index (χ1) is 8.66. The highest BCUT2D eigenvalue weighted by Crippen LogP contribution is 2.28. The molecular formula is C13H12FN3S. The van der Waals surface area contributed by atoms with Crippen LogP contribution in [0.1, 0.15) is 18.5 Å². The molecule has 0 aliphatic heterocycles. The summed E-state index contributed by atoms with van der Waals surface area (Å²) in [4.78, 5) is 4.21. The lowest BCUT2D eigenvalue weighted by Crippen LogP contribution is -2.09. The van der Waals surface area contributed by atoms with E-state index in [1.54, 1.807) is 17.4 Å². The molecule has 1 atom stereocenters. The third-order valence-electron chi connectivity index (χ3n) is 3.09. The highest BCUT2D eigenvalue weighted by Gasteiger charge is 2.16. The Kier molecular flexibility index (Phi) is 2.56. The van der Waals surface area contributed by atoms with E-state index in [0.717, 1.165) is 5.52 Å². The van der Waals surface area contributed by atoms with Gasteiger partial charge in [0.25, 0.3) is 0 Å². The lowest BCUT2D eigenvalue weighted by atomic mass is 10.1. The molecule has 0 bridgehead atoms. The SMILES string of the molecule is CC(c1ccsc1)n1c(N)nc2cc(F)ccc21. The Morgan fingerprint density at radius 1 is 1.39 bits per heavy atom. The van der Waals surface area contributed by atoms with Gasteiger partial charge in [-0.05, 0) is 41.4 Å². The summed E-state index contributed by atoms with van der Waals surface area (Å²) in [5.74, 6) is 0.115. The number of rotatable bonds is 2. The van der Waals surface area contributed by atoms with E-state index >= 15 is 0 Å². The Hall–Kier alpha value is -1.88. The number of imidazole rings is 1. The van der Waals surface area contributed by atoms with E-state index in [-0.39, 0.29) is 11.9 Å². The molecule has 0 aliphatic rings. The molecule has 0 aliphatic carbocycles. The lowest BCUT2D eigenvalue weighted by molar-refractivity contribution is 0.628. The van der Waals surface area contributed by atoms with Crippen LogP contribution in [-0.2, 0) is 0 Å². The maximum atomic E-state index is 13.2. The van der Waals surface area contributed by atoms with E-state index in [9.17, 15) is 4.39 Å². The van der Waals surface area contributed by atoms with E-state index in [2.05, 4.69) is 23.4 Å². The number of hydrogen-bond donors (Lipinski definition) is 1. The van der Waals surface area contributed by atoms with Crippen LogP contribution in [0.5, 0.6) is 0 Å². The molecule has 0 radical (unpaired) electrons. The molecule has 3 aromatic rings. The smallest absolute Gasteiger partial charge is 0.201 e. The van der Waals surface area contributed by atoms with Gasteiger partial charge in [-0.2, -0.15) is 11.3 Å². The highest BCUT2D eigenvalue weighted by atomic mass is 32.1. The second kappa shape index (κ2) is 4.10. The third kappa shape index (κ3) is 1.67. The molecule has 0 spiro atoms. The van der Waals surface area contributed by atoms with E-state index in [4.69, 9.17) is 5.73 Å². The van der Waals surface area contributed by atoms with Crippen molar-refractivity contribution in [3.63, 3.8) is 0 Å². The molecule has 0 amide bonds. The number of hydrogen-bond acceptors (Lipinski definition) is 3. The van der Waals surface area contributed by atoms with Gasteiger partial charge < -0.3 is 10.3 Å². The van der Waals surface area contributed by atoms with E-state index in [0.29, 0.717) is 11.5 Å². The van der Waals surface area contributed by atoms with E-state index < -0.39 is 0 Å². The zero-order valence-electron chi connectivity index (χ0n) is 9.80. The Bertz CT molecular complexity index is 688. The maximum absolute atomic E-state index is 13.2. The largest absolute Gasteiger partial charge is 0.369 e. The topological polar surface area (TPSA) is 43.8 Å². The first-order valence-corrected chi connectivity index (χ1v) is 6.56. The predicted octanol–water partition coefficient (Wildman–Crippen LogP) is 3.43. The summed E-state index contributed by atoms with van der Waals surface area (Å²) in [5.41, 5.74) is 8.57. The molecule has 18 heavy (non-hydrogen) atoms. The molecule has 1 unspecified atom stereocenters. The highest BCUT2D eigenvalue weighted by molar-refractivity contribution is 7.07. The monoisotopic (exact) mass is 261 g/mol. The molecule has 2 N–H and O–H groups in total. The normalized spacial score (nSPS) is 13.0. The number of nitrogen functional groups attached to an aromatic ring is 1. The zero-order chi connectivity index (χ0) is 12.7. The number of thiophene rings is 1. The average Bonchev–Trinajstić information content (AvgIpc) is 2.94. The van der Waals surface area contributed by atoms with Crippen molar-refractivity contribution < 1.29 is 4.39 Å². The zero-order valence-corrected chi connectivity index (χ0v) is 10.6. The number of halogens is 1. The van der Waals surface area contributed by atoms with Crippen molar-refractivity contribution >= 4 is 28.3 Å². The fourth-order valence-electron chi connectivity index (χ4n) is 2.16. The van der Waals surface area contributed by atoms with Crippen LogP contribution in [0.25, 0.3) is 11.0 Å². The van der Waals surface area contributed by atoms with E-state index in [1.807, 2.05) is 9.95 Å². The average molecular weight is 261 g/mol. The van der Waals surface area contributed by atoms with Gasteiger partial charge in [-0.15, -0.1) is 0 Å². The van der Waals surface area contributed by atoms with Crippen molar-refractivity contribution in [1.82, 2.24) is 9.55 Å². The molecule has 0 fully saturated rings. The van der Waals surface area contributed by atoms with Gasteiger partial charge in [0, 0.05) is 6.07 Å². The summed E-state index contributed by atoms with van der Waals surface area (Å²) in [6, 6.07) is 6.70. The molecule has 0 saturated carbocycles. The molecule has 3 rings (SSSR count). The number of nitrogens with two attached hydrogens (primary N) is 1. The Balaban J connectivity index is 2.19. The second-order valence-electron chi connectivity index (χ2n) is 4.21. The van der Waals surface area contributed by atoms with Crippen LogP contribution in [-0.4, -0.2) is 9.55 Å². The minimum absolute atomic E-state index is 0.0895. The van der Waals surface area contributed by atoms with Crippen LogP contribution in [0.15, 0.2) is 35.0 Å². The van der Waals surface area contributed by atoms with Gasteiger partial charge >= 0.3 is 0 Å². The van der Waals surface area contributed by atoms with Crippen molar-refractivity contribution in [3.05, 3.63) is 46.4 Å². The molecule has 5 heteroatoms. The van der Waals surface area contributed by atoms with Crippen LogP contribution < -0.4 is 5.73 Å². The molecule has 3 nitrogen and oxygen atoms in total. The molecule has 92 valence electrons. The molecule has 1 aromatic carbocycles. The van der Waals surface area contributed by atoms with Crippen molar-refractivity contribution in [2.24, 2.45) is 0 Å².